The summed E-state index contributed by atoms with van der Waals surface area (Å²) in [4.78, 5) is 19.9. The van der Waals surface area contributed by atoms with Crippen LogP contribution in [-0.4, -0.2) is 29.4 Å². The Morgan fingerprint density at radius 2 is 2.00 bits per heavy atom. The number of hydrogen-bond acceptors (Lipinski definition) is 3. The molecule has 1 N–H and O–H groups in total. The van der Waals surface area contributed by atoms with Crippen molar-refractivity contribution in [3.63, 3.8) is 0 Å². The summed E-state index contributed by atoms with van der Waals surface area (Å²) in [7, 11) is 1.67. The molecule has 1 atom stereocenters. The second kappa shape index (κ2) is 6.84. The van der Waals surface area contributed by atoms with E-state index in [1.165, 1.54) is 10.4 Å². The van der Waals surface area contributed by atoms with Gasteiger partial charge < -0.3 is 14.6 Å². The van der Waals surface area contributed by atoms with Crippen LogP contribution in [0.2, 0.25) is 0 Å². The molecule has 28 heavy (non-hydrogen) atoms. The van der Waals surface area contributed by atoms with E-state index in [4.69, 9.17) is 4.74 Å². The predicted molar refractivity (Wildman–Crippen MR) is 112 cm³/mol. The molecule has 0 spiro atoms. The average Bonchev–Trinajstić information content (AvgIpc) is 3.41. The number of amides is 1. The first-order valence-electron chi connectivity index (χ1n) is 9.33. The lowest BCUT2D eigenvalue weighted by atomic mass is 9.94. The third-order valence-electron chi connectivity index (χ3n) is 5.46. The molecule has 0 saturated heterocycles. The van der Waals surface area contributed by atoms with Crippen molar-refractivity contribution < 1.29 is 9.53 Å². The van der Waals surface area contributed by atoms with E-state index in [1.54, 1.807) is 18.4 Å². The second-order valence-electron chi connectivity index (χ2n) is 7.01. The maximum absolute atomic E-state index is 13.5. The molecule has 3 heterocycles. The molecule has 5 rings (SSSR count). The largest absolute Gasteiger partial charge is 0.497 e. The molecule has 1 aliphatic rings. The average molecular weight is 388 g/mol. The number of carbonyl (C=O) groups is 1. The third kappa shape index (κ3) is 2.79. The molecule has 4 aromatic rings. The van der Waals surface area contributed by atoms with Gasteiger partial charge in [0.05, 0.1) is 13.2 Å². The molecule has 0 fully saturated rings. The van der Waals surface area contributed by atoms with Crippen LogP contribution >= 0.6 is 11.3 Å². The first kappa shape index (κ1) is 17.1. The maximum atomic E-state index is 13.5. The van der Waals surface area contributed by atoms with Gasteiger partial charge in [-0.1, -0.05) is 12.1 Å². The fraction of sp³-hybridized carbons (Fsp3) is 0.174. The van der Waals surface area contributed by atoms with Crippen LogP contribution < -0.4 is 4.74 Å². The zero-order valence-corrected chi connectivity index (χ0v) is 16.3. The number of thiophene rings is 1. The first-order valence-corrected chi connectivity index (χ1v) is 10.2. The Hall–Kier alpha value is -3.05. The second-order valence-corrected chi connectivity index (χ2v) is 7.96. The van der Waals surface area contributed by atoms with E-state index < -0.39 is 0 Å². The molecule has 1 unspecified atom stereocenters. The van der Waals surface area contributed by atoms with E-state index in [1.807, 2.05) is 47.5 Å². The maximum Gasteiger partial charge on any atom is 0.254 e. The monoisotopic (exact) mass is 388 g/mol. The van der Waals surface area contributed by atoms with Gasteiger partial charge in [-0.15, -0.1) is 11.3 Å². The quantitative estimate of drug-likeness (QED) is 0.535. The van der Waals surface area contributed by atoms with Gasteiger partial charge in [0.25, 0.3) is 5.91 Å². The number of aromatic nitrogens is 1. The molecule has 2 aromatic carbocycles. The molecular weight excluding hydrogens is 368 g/mol. The van der Waals surface area contributed by atoms with Gasteiger partial charge in [0.2, 0.25) is 0 Å². The Morgan fingerprint density at radius 1 is 1.14 bits per heavy atom. The lowest BCUT2D eigenvalue weighted by Gasteiger charge is -2.36. The first-order chi connectivity index (χ1) is 13.7. The minimum atomic E-state index is -0.0657. The lowest BCUT2D eigenvalue weighted by molar-refractivity contribution is 0.0698. The Morgan fingerprint density at radius 3 is 2.82 bits per heavy atom. The summed E-state index contributed by atoms with van der Waals surface area (Å²) < 4.78 is 5.31. The summed E-state index contributed by atoms with van der Waals surface area (Å²) in [6, 6.07) is 18.0. The van der Waals surface area contributed by atoms with Gasteiger partial charge in [0, 0.05) is 34.1 Å². The van der Waals surface area contributed by atoms with Crippen LogP contribution in [0.4, 0.5) is 0 Å². The Labute approximate surface area is 167 Å². The van der Waals surface area contributed by atoms with Gasteiger partial charge >= 0.3 is 0 Å². The lowest BCUT2D eigenvalue weighted by Crippen LogP contribution is -2.40. The van der Waals surface area contributed by atoms with E-state index >= 15 is 0 Å². The molecule has 1 aliphatic heterocycles. The highest BCUT2D eigenvalue weighted by Crippen LogP contribution is 2.39. The molecular formula is C23H20N2O2S. The number of benzene rings is 2. The van der Waals surface area contributed by atoms with Crippen molar-refractivity contribution in [2.75, 3.05) is 13.7 Å². The van der Waals surface area contributed by atoms with Crippen LogP contribution in [0.15, 0.2) is 66.2 Å². The molecule has 0 radical (unpaired) electrons. The molecule has 0 saturated carbocycles. The van der Waals surface area contributed by atoms with Gasteiger partial charge in [-0.05, 0) is 65.4 Å². The molecule has 5 heteroatoms. The van der Waals surface area contributed by atoms with Crippen LogP contribution in [0.3, 0.4) is 0 Å². The number of carbonyl (C=O) groups excluding carboxylic acids is 1. The number of rotatable bonds is 3. The van der Waals surface area contributed by atoms with E-state index in [2.05, 4.69) is 28.6 Å². The van der Waals surface area contributed by atoms with Crippen molar-refractivity contribution in [3.8, 4) is 5.75 Å². The Bertz CT molecular complexity index is 1140. The fourth-order valence-electron chi connectivity index (χ4n) is 3.99. The normalized spacial score (nSPS) is 16.2. The summed E-state index contributed by atoms with van der Waals surface area (Å²) in [5, 5.41) is 3.18. The highest BCUT2D eigenvalue weighted by atomic mass is 32.1. The molecule has 4 nitrogen and oxygen atoms in total. The molecule has 2 aromatic heterocycles. The summed E-state index contributed by atoms with van der Waals surface area (Å²) in [6.07, 6.45) is 2.79. The number of fused-ring (bicyclic) bond motifs is 2. The van der Waals surface area contributed by atoms with E-state index in [0.717, 1.165) is 34.2 Å². The van der Waals surface area contributed by atoms with Gasteiger partial charge in [-0.3, -0.25) is 4.79 Å². The number of nitrogens with one attached hydrogen (secondary N) is 1. The zero-order chi connectivity index (χ0) is 19.1. The topological polar surface area (TPSA) is 45.3 Å². The van der Waals surface area contributed by atoms with Crippen LogP contribution in [0.5, 0.6) is 5.75 Å². The molecule has 0 aliphatic carbocycles. The number of hydrogen-bond donors (Lipinski definition) is 1. The highest BCUT2D eigenvalue weighted by Gasteiger charge is 2.33. The van der Waals surface area contributed by atoms with E-state index in [9.17, 15) is 4.79 Å². The number of methoxy groups -OCH3 is 1. The summed E-state index contributed by atoms with van der Waals surface area (Å²) in [5.74, 6) is 0.893. The van der Waals surface area contributed by atoms with Gasteiger partial charge in [-0.25, -0.2) is 0 Å². The highest BCUT2D eigenvalue weighted by molar-refractivity contribution is 7.10. The van der Waals surface area contributed by atoms with E-state index in [-0.39, 0.29) is 11.9 Å². The van der Waals surface area contributed by atoms with Crippen molar-refractivity contribution in [1.29, 1.82) is 0 Å². The fourth-order valence-corrected chi connectivity index (χ4v) is 5.09. The van der Waals surface area contributed by atoms with Crippen LogP contribution in [0.25, 0.3) is 10.9 Å². The minimum absolute atomic E-state index is 0.0657. The van der Waals surface area contributed by atoms with Crippen LogP contribution in [0, 0.1) is 0 Å². The molecule has 0 bridgehead atoms. The number of H-pyrrole nitrogens is 1. The van der Waals surface area contributed by atoms with Crippen molar-refractivity contribution in [1.82, 2.24) is 9.88 Å². The smallest absolute Gasteiger partial charge is 0.254 e. The summed E-state index contributed by atoms with van der Waals surface area (Å²) in [6.45, 7) is 0.713. The molecule has 140 valence electrons. The van der Waals surface area contributed by atoms with Crippen LogP contribution in [-0.2, 0) is 6.42 Å². The van der Waals surface area contributed by atoms with Crippen molar-refractivity contribution in [2.24, 2.45) is 0 Å². The number of nitrogens with zero attached hydrogens (tertiary/aromatic N) is 1. The van der Waals surface area contributed by atoms with Crippen LogP contribution in [0.1, 0.15) is 32.4 Å². The van der Waals surface area contributed by atoms with Crippen molar-refractivity contribution in [2.45, 2.75) is 12.5 Å². The summed E-state index contributed by atoms with van der Waals surface area (Å²) >= 11 is 1.73. The predicted octanol–water partition coefficient (Wildman–Crippen LogP) is 5.03. The number of ether oxygens (including phenoxy) is 1. The number of aromatic amines is 1. The zero-order valence-electron chi connectivity index (χ0n) is 15.5. The van der Waals surface area contributed by atoms with Gasteiger partial charge in [0.1, 0.15) is 5.75 Å². The standard InChI is InChI=1S/C23H20N2O2S/c1-27-19-5-2-15(3-6-19)21-22-16(10-13-28-22)9-12-25(21)23(26)18-4-7-20-17(14-18)8-11-24-20/h2-8,10-11,13-14,21,24H,9,12H2,1H3. The molecule has 1 amide bonds. The minimum Gasteiger partial charge on any atom is -0.497 e. The van der Waals surface area contributed by atoms with Gasteiger partial charge in [-0.2, -0.15) is 0 Å². The summed E-state index contributed by atoms with van der Waals surface area (Å²) in [5.41, 5.74) is 4.23. The van der Waals surface area contributed by atoms with Crippen molar-refractivity contribution in [3.05, 3.63) is 87.7 Å². The van der Waals surface area contributed by atoms with Crippen molar-refractivity contribution >= 4 is 28.1 Å². The van der Waals surface area contributed by atoms with E-state index in [0.29, 0.717) is 6.54 Å². The third-order valence-corrected chi connectivity index (χ3v) is 6.47. The van der Waals surface area contributed by atoms with Gasteiger partial charge in [0.15, 0.2) is 0 Å². The Balaban J connectivity index is 1.56. The Kier molecular flexibility index (Phi) is 4.17. The SMILES string of the molecule is COc1ccc(C2c3sccc3CCN2C(=O)c2ccc3[nH]ccc3c2)cc1.